The average molecular weight is 295 g/mol. The molecule has 1 fully saturated rings. The van der Waals surface area contributed by atoms with E-state index >= 15 is 0 Å². The molecule has 116 valence electrons. The Labute approximate surface area is 124 Å². The number of nitrogens with zero attached hydrogens (tertiary/aromatic N) is 2. The summed E-state index contributed by atoms with van der Waals surface area (Å²) >= 11 is 0. The molecule has 5 nitrogen and oxygen atoms in total. The number of piperazine rings is 1. The number of aliphatic hydroxyl groups is 1. The van der Waals surface area contributed by atoms with Crippen LogP contribution in [0.25, 0.3) is 0 Å². The van der Waals surface area contributed by atoms with E-state index in [1.807, 2.05) is 0 Å². The van der Waals surface area contributed by atoms with Gasteiger partial charge in [0, 0.05) is 44.0 Å². The summed E-state index contributed by atoms with van der Waals surface area (Å²) in [6.45, 7) is 6.61. The van der Waals surface area contributed by atoms with E-state index in [0.29, 0.717) is 32.7 Å². The van der Waals surface area contributed by atoms with Crippen molar-refractivity contribution in [3.63, 3.8) is 0 Å². The van der Waals surface area contributed by atoms with Gasteiger partial charge in [-0.25, -0.2) is 4.39 Å². The van der Waals surface area contributed by atoms with Gasteiger partial charge in [0.25, 0.3) is 5.91 Å². The number of carbonyl (C=O) groups is 1. The second kappa shape index (κ2) is 5.99. The van der Waals surface area contributed by atoms with Gasteiger partial charge in [0.05, 0.1) is 5.60 Å². The highest BCUT2D eigenvalue weighted by atomic mass is 19.1. The van der Waals surface area contributed by atoms with Crippen molar-refractivity contribution in [2.24, 2.45) is 0 Å². The van der Waals surface area contributed by atoms with E-state index in [0.717, 1.165) is 0 Å². The van der Waals surface area contributed by atoms with Crippen molar-refractivity contribution in [1.82, 2.24) is 9.80 Å². The van der Waals surface area contributed by atoms with Crippen molar-refractivity contribution < 1.29 is 14.3 Å². The SMILES string of the molecule is CC(C)(O)CN1CCN(C(=O)c2cc(N)cc(F)c2)CC1. The minimum Gasteiger partial charge on any atom is -0.399 e. The van der Waals surface area contributed by atoms with Gasteiger partial charge >= 0.3 is 0 Å². The zero-order chi connectivity index (χ0) is 15.6. The summed E-state index contributed by atoms with van der Waals surface area (Å²) in [6, 6.07) is 3.90. The van der Waals surface area contributed by atoms with Crippen molar-refractivity contribution in [2.45, 2.75) is 19.4 Å². The summed E-state index contributed by atoms with van der Waals surface area (Å²) in [5, 5.41) is 9.81. The molecule has 0 bridgehead atoms. The smallest absolute Gasteiger partial charge is 0.254 e. The van der Waals surface area contributed by atoms with E-state index in [1.54, 1.807) is 18.7 Å². The molecule has 0 saturated carbocycles. The monoisotopic (exact) mass is 295 g/mol. The van der Waals surface area contributed by atoms with Crippen molar-refractivity contribution in [1.29, 1.82) is 0 Å². The van der Waals surface area contributed by atoms with Crippen molar-refractivity contribution in [2.75, 3.05) is 38.5 Å². The molecule has 0 aliphatic carbocycles. The van der Waals surface area contributed by atoms with Crippen molar-refractivity contribution in [3.05, 3.63) is 29.6 Å². The fourth-order valence-corrected chi connectivity index (χ4v) is 2.57. The first-order valence-electron chi connectivity index (χ1n) is 7.05. The molecular weight excluding hydrogens is 273 g/mol. The Morgan fingerprint density at radius 1 is 1.29 bits per heavy atom. The lowest BCUT2D eigenvalue weighted by molar-refractivity contribution is 0.0178. The normalized spacial score (nSPS) is 17.0. The van der Waals surface area contributed by atoms with E-state index in [2.05, 4.69) is 4.90 Å². The quantitative estimate of drug-likeness (QED) is 0.814. The first kappa shape index (κ1) is 15.7. The van der Waals surface area contributed by atoms with Gasteiger partial charge in [-0.3, -0.25) is 9.69 Å². The number of carbonyl (C=O) groups excluding carboxylic acids is 1. The Bertz CT molecular complexity index is 500. The molecule has 1 aromatic rings. The average Bonchev–Trinajstić information content (AvgIpc) is 2.35. The topological polar surface area (TPSA) is 69.8 Å². The number of amides is 1. The maximum absolute atomic E-state index is 13.3. The Morgan fingerprint density at radius 3 is 2.43 bits per heavy atom. The Kier molecular flexibility index (Phi) is 4.49. The van der Waals surface area contributed by atoms with E-state index in [1.165, 1.54) is 18.2 Å². The van der Waals surface area contributed by atoms with E-state index in [-0.39, 0.29) is 17.2 Å². The molecule has 21 heavy (non-hydrogen) atoms. The molecule has 1 aliphatic heterocycles. The Morgan fingerprint density at radius 2 is 1.90 bits per heavy atom. The summed E-state index contributed by atoms with van der Waals surface area (Å²) in [5.41, 5.74) is 5.35. The number of rotatable bonds is 3. The molecule has 0 spiro atoms. The number of β-amino-alcohol motifs (C(OH)–C–C–N with tert-alkyl or cyclic N) is 1. The summed E-state index contributed by atoms with van der Waals surface area (Å²) in [5.74, 6) is -0.705. The number of anilines is 1. The van der Waals surface area contributed by atoms with Crippen LogP contribution in [0.3, 0.4) is 0 Å². The van der Waals surface area contributed by atoms with E-state index < -0.39 is 11.4 Å². The molecule has 0 atom stereocenters. The van der Waals surface area contributed by atoms with E-state index in [9.17, 15) is 14.3 Å². The van der Waals surface area contributed by atoms with Gasteiger partial charge in [0.2, 0.25) is 0 Å². The molecule has 1 aliphatic rings. The summed E-state index contributed by atoms with van der Waals surface area (Å²) in [7, 11) is 0. The van der Waals surface area contributed by atoms with Crippen LogP contribution < -0.4 is 5.73 Å². The lowest BCUT2D eigenvalue weighted by atomic mass is 10.1. The molecular formula is C15H22FN3O2. The second-order valence-electron chi connectivity index (χ2n) is 6.15. The molecule has 2 rings (SSSR count). The maximum Gasteiger partial charge on any atom is 0.254 e. The van der Waals surface area contributed by atoms with E-state index in [4.69, 9.17) is 5.73 Å². The highest BCUT2D eigenvalue weighted by molar-refractivity contribution is 5.95. The molecule has 0 aromatic heterocycles. The van der Waals surface area contributed by atoms with Gasteiger partial charge in [-0.15, -0.1) is 0 Å². The van der Waals surface area contributed by atoms with Crippen LogP contribution in [0.2, 0.25) is 0 Å². The number of hydrogen-bond acceptors (Lipinski definition) is 4. The minimum absolute atomic E-state index is 0.205. The van der Waals surface area contributed by atoms with Gasteiger partial charge in [0.1, 0.15) is 5.82 Å². The molecule has 3 N–H and O–H groups in total. The van der Waals surface area contributed by atoms with Crippen LogP contribution in [0, 0.1) is 5.82 Å². The van der Waals surface area contributed by atoms with Crippen molar-refractivity contribution >= 4 is 11.6 Å². The lowest BCUT2D eigenvalue weighted by Crippen LogP contribution is -2.52. The maximum atomic E-state index is 13.3. The molecule has 0 unspecified atom stereocenters. The Hall–Kier alpha value is -1.66. The second-order valence-corrected chi connectivity index (χ2v) is 6.15. The molecule has 1 amide bonds. The fraction of sp³-hybridized carbons (Fsp3) is 0.533. The highest BCUT2D eigenvalue weighted by Crippen LogP contribution is 2.15. The van der Waals surface area contributed by atoms with Crippen LogP contribution in [0.1, 0.15) is 24.2 Å². The number of hydrogen-bond donors (Lipinski definition) is 2. The van der Waals surface area contributed by atoms with Crippen molar-refractivity contribution in [3.8, 4) is 0 Å². The number of benzene rings is 1. The van der Waals surface area contributed by atoms with Gasteiger partial charge in [-0.1, -0.05) is 0 Å². The summed E-state index contributed by atoms with van der Waals surface area (Å²) < 4.78 is 13.3. The summed E-state index contributed by atoms with van der Waals surface area (Å²) in [6.07, 6.45) is 0. The van der Waals surface area contributed by atoms with Crippen LogP contribution >= 0.6 is 0 Å². The number of halogens is 1. The fourth-order valence-electron chi connectivity index (χ4n) is 2.57. The predicted octanol–water partition coefficient (Wildman–Crippen LogP) is 0.937. The van der Waals surface area contributed by atoms with Crippen LogP contribution in [0.4, 0.5) is 10.1 Å². The third-order valence-corrected chi connectivity index (χ3v) is 3.44. The van der Waals surface area contributed by atoms with Gasteiger partial charge in [-0.2, -0.15) is 0 Å². The first-order chi connectivity index (χ1) is 9.74. The van der Waals surface area contributed by atoms with Gasteiger partial charge in [0.15, 0.2) is 0 Å². The van der Waals surface area contributed by atoms with Gasteiger partial charge < -0.3 is 15.7 Å². The lowest BCUT2D eigenvalue weighted by Gasteiger charge is -2.37. The largest absolute Gasteiger partial charge is 0.399 e. The number of nitrogens with two attached hydrogens (primary N) is 1. The number of nitrogen functional groups attached to an aromatic ring is 1. The zero-order valence-corrected chi connectivity index (χ0v) is 12.5. The van der Waals surface area contributed by atoms with Gasteiger partial charge in [-0.05, 0) is 32.0 Å². The molecule has 1 aromatic carbocycles. The minimum atomic E-state index is -0.747. The summed E-state index contributed by atoms with van der Waals surface area (Å²) in [4.78, 5) is 16.1. The Balaban J connectivity index is 1.97. The molecule has 1 heterocycles. The molecule has 0 radical (unpaired) electrons. The van der Waals surface area contributed by atoms with Crippen LogP contribution in [0.15, 0.2) is 18.2 Å². The first-order valence-corrected chi connectivity index (χ1v) is 7.05. The highest BCUT2D eigenvalue weighted by Gasteiger charge is 2.25. The molecule has 6 heteroatoms. The third-order valence-electron chi connectivity index (χ3n) is 3.44. The van der Waals surface area contributed by atoms with Crippen LogP contribution in [0.5, 0.6) is 0 Å². The van der Waals surface area contributed by atoms with Crippen LogP contribution in [-0.4, -0.2) is 59.1 Å². The standard InChI is InChI=1S/C15H22FN3O2/c1-15(2,21)10-18-3-5-19(6-4-18)14(20)11-7-12(16)9-13(17)8-11/h7-9,21H,3-6,10,17H2,1-2H3. The molecule has 1 saturated heterocycles. The third kappa shape index (κ3) is 4.41. The predicted molar refractivity (Wildman–Crippen MR) is 79.5 cm³/mol. The van der Waals surface area contributed by atoms with Crippen LogP contribution in [-0.2, 0) is 0 Å². The zero-order valence-electron chi connectivity index (χ0n) is 12.5.